The lowest BCUT2D eigenvalue weighted by Crippen LogP contribution is -2.17. The summed E-state index contributed by atoms with van der Waals surface area (Å²) in [5.74, 6) is -0.545. The minimum absolute atomic E-state index is 0.170. The third kappa shape index (κ3) is 4.72. The number of anilines is 1. The monoisotopic (exact) mass is 297 g/mol. The van der Waals surface area contributed by atoms with Gasteiger partial charge in [-0.25, -0.2) is 4.79 Å². The fourth-order valence-corrected chi connectivity index (χ4v) is 2.88. The summed E-state index contributed by atoms with van der Waals surface area (Å²) >= 11 is 1.43. The van der Waals surface area contributed by atoms with E-state index in [1.165, 1.54) is 11.8 Å². The van der Waals surface area contributed by atoms with Gasteiger partial charge in [0.2, 0.25) is 0 Å². The predicted octanol–water partition coefficient (Wildman–Crippen LogP) is 3.32. The zero-order chi connectivity index (χ0) is 15.0. The van der Waals surface area contributed by atoms with Crippen LogP contribution in [0.5, 0.6) is 0 Å². The molecule has 5 heteroatoms. The number of hydrogen-bond donors (Lipinski definition) is 3. The molecule has 0 aliphatic carbocycles. The van der Waals surface area contributed by atoms with E-state index in [1.54, 1.807) is 6.07 Å². The van der Waals surface area contributed by atoms with Crippen molar-refractivity contribution in [1.82, 2.24) is 0 Å². The Balaban J connectivity index is 2.83. The van der Waals surface area contributed by atoms with Crippen molar-refractivity contribution in [2.24, 2.45) is 5.92 Å². The van der Waals surface area contributed by atoms with Gasteiger partial charge in [0.1, 0.15) is 0 Å². The fraction of sp³-hybridized carbons (Fsp3) is 0.533. The normalized spacial score (nSPS) is 12.2. The number of rotatable bonds is 9. The quantitative estimate of drug-likeness (QED) is 0.610. The number of aromatic carboxylic acids is 1. The summed E-state index contributed by atoms with van der Waals surface area (Å²) in [7, 11) is 0. The number of hydrogen-bond acceptors (Lipinski definition) is 4. The van der Waals surface area contributed by atoms with Gasteiger partial charge in [-0.2, -0.15) is 0 Å². The number of aliphatic hydroxyl groups is 1. The molecule has 0 aliphatic heterocycles. The molecule has 20 heavy (non-hydrogen) atoms. The molecule has 0 heterocycles. The Labute approximate surface area is 124 Å². The highest BCUT2D eigenvalue weighted by Gasteiger charge is 2.16. The molecular weight excluding hydrogens is 274 g/mol. The van der Waals surface area contributed by atoms with Crippen LogP contribution in [0, 0.1) is 5.92 Å². The summed E-state index contributed by atoms with van der Waals surface area (Å²) < 4.78 is 0. The molecule has 0 saturated carbocycles. The summed E-state index contributed by atoms with van der Waals surface area (Å²) in [5.41, 5.74) is 0.989. The first-order valence-electron chi connectivity index (χ1n) is 6.89. The molecule has 0 aromatic heterocycles. The van der Waals surface area contributed by atoms with Gasteiger partial charge >= 0.3 is 5.97 Å². The van der Waals surface area contributed by atoms with E-state index < -0.39 is 5.97 Å². The van der Waals surface area contributed by atoms with Gasteiger partial charge in [0.05, 0.1) is 5.56 Å². The second-order valence-electron chi connectivity index (χ2n) is 4.74. The SMILES string of the molecule is CCCC(CCO)CNc1cccc(SC)c1C(=O)O. The van der Waals surface area contributed by atoms with Crippen molar-refractivity contribution < 1.29 is 15.0 Å². The van der Waals surface area contributed by atoms with Gasteiger partial charge in [-0.05, 0) is 37.1 Å². The van der Waals surface area contributed by atoms with Crippen LogP contribution in [-0.4, -0.2) is 35.6 Å². The first-order chi connectivity index (χ1) is 9.63. The fourth-order valence-electron chi connectivity index (χ4n) is 2.26. The highest BCUT2D eigenvalue weighted by atomic mass is 32.2. The van der Waals surface area contributed by atoms with E-state index in [-0.39, 0.29) is 6.61 Å². The molecule has 1 unspecified atom stereocenters. The van der Waals surface area contributed by atoms with Crippen molar-refractivity contribution in [3.05, 3.63) is 23.8 Å². The molecule has 112 valence electrons. The van der Waals surface area contributed by atoms with E-state index in [0.29, 0.717) is 23.7 Å². The van der Waals surface area contributed by atoms with Crippen LogP contribution in [0.1, 0.15) is 36.5 Å². The van der Waals surface area contributed by atoms with Crippen LogP contribution < -0.4 is 5.32 Å². The Morgan fingerprint density at radius 1 is 1.40 bits per heavy atom. The van der Waals surface area contributed by atoms with Gasteiger partial charge in [0, 0.05) is 23.7 Å². The van der Waals surface area contributed by atoms with Crippen LogP contribution >= 0.6 is 11.8 Å². The molecule has 1 rings (SSSR count). The number of nitrogens with one attached hydrogen (secondary N) is 1. The first kappa shape index (κ1) is 16.9. The summed E-state index contributed by atoms with van der Waals surface area (Å²) in [4.78, 5) is 12.2. The Morgan fingerprint density at radius 2 is 2.15 bits per heavy atom. The minimum atomic E-state index is -0.911. The summed E-state index contributed by atoms with van der Waals surface area (Å²) in [6.45, 7) is 2.97. The number of carboxylic acid groups (broad SMARTS) is 1. The van der Waals surface area contributed by atoms with Gasteiger partial charge < -0.3 is 15.5 Å². The van der Waals surface area contributed by atoms with Crippen molar-refractivity contribution in [2.45, 2.75) is 31.1 Å². The summed E-state index contributed by atoms with van der Waals surface area (Å²) in [5, 5.41) is 21.7. The van der Waals surface area contributed by atoms with Crippen LogP contribution in [0.15, 0.2) is 23.1 Å². The molecular formula is C15H23NO3S. The Bertz CT molecular complexity index is 431. The molecule has 0 bridgehead atoms. The molecule has 1 atom stereocenters. The standard InChI is InChI=1S/C15H23NO3S/c1-3-5-11(8-9-17)10-16-12-6-4-7-13(20-2)14(12)15(18)19/h4,6-7,11,16-17H,3,5,8-10H2,1-2H3,(H,18,19). The van der Waals surface area contributed by atoms with E-state index in [9.17, 15) is 9.90 Å². The van der Waals surface area contributed by atoms with E-state index in [0.717, 1.165) is 24.2 Å². The molecule has 4 nitrogen and oxygen atoms in total. The molecule has 0 spiro atoms. The first-order valence-corrected chi connectivity index (χ1v) is 8.11. The summed E-state index contributed by atoms with van der Waals surface area (Å²) in [6, 6.07) is 5.48. The van der Waals surface area contributed by atoms with E-state index in [2.05, 4.69) is 12.2 Å². The van der Waals surface area contributed by atoms with Crippen LogP contribution in [0.3, 0.4) is 0 Å². The van der Waals surface area contributed by atoms with Crippen LogP contribution in [0.25, 0.3) is 0 Å². The zero-order valence-corrected chi connectivity index (χ0v) is 12.9. The van der Waals surface area contributed by atoms with Crippen molar-refractivity contribution >= 4 is 23.4 Å². The van der Waals surface area contributed by atoms with Gasteiger partial charge in [0.15, 0.2) is 0 Å². The molecule has 3 N–H and O–H groups in total. The van der Waals surface area contributed by atoms with Crippen molar-refractivity contribution in [3.63, 3.8) is 0 Å². The highest BCUT2D eigenvalue weighted by Crippen LogP contribution is 2.27. The van der Waals surface area contributed by atoms with Crippen LogP contribution in [0.4, 0.5) is 5.69 Å². The summed E-state index contributed by atoms with van der Waals surface area (Å²) in [6.07, 6.45) is 4.70. The molecule has 1 aromatic carbocycles. The van der Waals surface area contributed by atoms with Crippen molar-refractivity contribution in [1.29, 1.82) is 0 Å². The smallest absolute Gasteiger partial charge is 0.338 e. The highest BCUT2D eigenvalue weighted by molar-refractivity contribution is 7.98. The van der Waals surface area contributed by atoms with E-state index in [1.807, 2.05) is 18.4 Å². The third-order valence-electron chi connectivity index (χ3n) is 3.28. The van der Waals surface area contributed by atoms with Gasteiger partial charge in [-0.1, -0.05) is 19.4 Å². The second-order valence-corrected chi connectivity index (χ2v) is 5.58. The number of aliphatic hydroxyl groups excluding tert-OH is 1. The molecule has 1 aromatic rings. The third-order valence-corrected chi connectivity index (χ3v) is 4.06. The lowest BCUT2D eigenvalue weighted by molar-refractivity contribution is 0.0694. The Morgan fingerprint density at radius 3 is 2.70 bits per heavy atom. The number of carbonyl (C=O) groups is 1. The minimum Gasteiger partial charge on any atom is -0.478 e. The maximum absolute atomic E-state index is 11.4. The largest absolute Gasteiger partial charge is 0.478 e. The molecule has 0 aliphatic rings. The predicted molar refractivity (Wildman–Crippen MR) is 83.8 cm³/mol. The number of carboxylic acids is 1. The lowest BCUT2D eigenvalue weighted by atomic mass is 10.00. The van der Waals surface area contributed by atoms with Crippen LogP contribution in [0.2, 0.25) is 0 Å². The maximum Gasteiger partial charge on any atom is 0.338 e. The Kier molecular flexibility index (Phi) is 7.47. The lowest BCUT2D eigenvalue weighted by Gasteiger charge is -2.18. The van der Waals surface area contributed by atoms with E-state index >= 15 is 0 Å². The molecule has 0 radical (unpaired) electrons. The number of benzene rings is 1. The van der Waals surface area contributed by atoms with Gasteiger partial charge in [-0.3, -0.25) is 0 Å². The van der Waals surface area contributed by atoms with Gasteiger partial charge in [0.25, 0.3) is 0 Å². The average Bonchev–Trinajstić information content (AvgIpc) is 2.44. The van der Waals surface area contributed by atoms with Crippen molar-refractivity contribution in [3.8, 4) is 0 Å². The molecule has 0 fully saturated rings. The molecule has 0 saturated heterocycles. The topological polar surface area (TPSA) is 69.6 Å². The Hall–Kier alpha value is -1.20. The molecule has 0 amide bonds. The zero-order valence-electron chi connectivity index (χ0n) is 12.1. The van der Waals surface area contributed by atoms with Crippen molar-refractivity contribution in [2.75, 3.05) is 24.7 Å². The second kappa shape index (κ2) is 8.87. The maximum atomic E-state index is 11.4. The van der Waals surface area contributed by atoms with Gasteiger partial charge in [-0.15, -0.1) is 11.8 Å². The van der Waals surface area contributed by atoms with Crippen LogP contribution in [-0.2, 0) is 0 Å². The van der Waals surface area contributed by atoms with E-state index in [4.69, 9.17) is 5.11 Å². The number of thioether (sulfide) groups is 1. The average molecular weight is 297 g/mol.